The van der Waals surface area contributed by atoms with Crippen molar-refractivity contribution in [2.45, 2.75) is 25.4 Å². The third-order valence-electron chi connectivity index (χ3n) is 4.20. The molecule has 1 aliphatic rings. The maximum Gasteiger partial charge on any atom is 0.103 e. The molecule has 0 amide bonds. The summed E-state index contributed by atoms with van der Waals surface area (Å²) in [4.78, 5) is 1.69. The van der Waals surface area contributed by atoms with E-state index in [1.807, 2.05) is 12.1 Å². The van der Waals surface area contributed by atoms with Crippen molar-refractivity contribution < 1.29 is 4.90 Å². The molecule has 0 saturated carbocycles. The van der Waals surface area contributed by atoms with Crippen molar-refractivity contribution >= 4 is 17.3 Å². The lowest BCUT2D eigenvalue weighted by Gasteiger charge is -2.30. The summed E-state index contributed by atoms with van der Waals surface area (Å²) in [7, 11) is 0. The molecule has 2 aromatic rings. The summed E-state index contributed by atoms with van der Waals surface area (Å²) in [6.45, 7) is 3.62. The first kappa shape index (κ1) is 14.4. The lowest BCUT2D eigenvalue weighted by molar-refractivity contribution is -0.918. The van der Waals surface area contributed by atoms with Gasteiger partial charge in [-0.05, 0) is 24.3 Å². The second kappa shape index (κ2) is 6.97. The molecule has 1 saturated heterocycles. The van der Waals surface area contributed by atoms with E-state index in [2.05, 4.69) is 47.8 Å². The number of benzene rings is 2. The lowest BCUT2D eigenvalue weighted by Crippen LogP contribution is -3.12. The molecule has 1 heterocycles. The molecular weight excluding hydrogens is 280 g/mol. The molecule has 0 aliphatic carbocycles. The van der Waals surface area contributed by atoms with Gasteiger partial charge in [0.05, 0.1) is 13.1 Å². The van der Waals surface area contributed by atoms with Crippen LogP contribution in [-0.4, -0.2) is 19.1 Å². The fourth-order valence-electron chi connectivity index (χ4n) is 3.01. The number of halogens is 1. The van der Waals surface area contributed by atoms with Gasteiger partial charge >= 0.3 is 0 Å². The third kappa shape index (κ3) is 4.23. The largest absolute Gasteiger partial charge is 0.382 e. The van der Waals surface area contributed by atoms with Crippen LogP contribution in [0.25, 0.3) is 0 Å². The molecule has 0 bridgehead atoms. The minimum absolute atomic E-state index is 0.589. The Morgan fingerprint density at radius 2 is 1.62 bits per heavy atom. The molecule has 2 N–H and O–H groups in total. The maximum absolute atomic E-state index is 5.92. The fourth-order valence-corrected chi connectivity index (χ4v) is 3.14. The quantitative estimate of drug-likeness (QED) is 0.887. The van der Waals surface area contributed by atoms with Gasteiger partial charge in [-0.3, -0.25) is 0 Å². The fraction of sp³-hybridized carbons (Fsp3) is 0.333. The van der Waals surface area contributed by atoms with Gasteiger partial charge in [0.1, 0.15) is 6.54 Å². The van der Waals surface area contributed by atoms with Gasteiger partial charge in [0, 0.05) is 35.2 Å². The maximum atomic E-state index is 5.92. The highest BCUT2D eigenvalue weighted by molar-refractivity contribution is 6.30. The summed E-state index contributed by atoms with van der Waals surface area (Å²) in [6, 6.07) is 19.4. The molecule has 0 spiro atoms. The second-order valence-electron chi connectivity index (χ2n) is 5.84. The number of nitrogens with one attached hydrogen (secondary N) is 2. The average molecular weight is 302 g/mol. The Morgan fingerprint density at radius 3 is 2.29 bits per heavy atom. The van der Waals surface area contributed by atoms with Gasteiger partial charge in [0.2, 0.25) is 0 Å². The number of hydrogen-bond acceptors (Lipinski definition) is 1. The molecule has 2 aromatic carbocycles. The topological polar surface area (TPSA) is 16.5 Å². The molecule has 0 aromatic heterocycles. The van der Waals surface area contributed by atoms with Gasteiger partial charge in [0.25, 0.3) is 0 Å². The van der Waals surface area contributed by atoms with E-state index in [1.54, 1.807) is 4.90 Å². The van der Waals surface area contributed by atoms with Crippen molar-refractivity contribution in [3.8, 4) is 0 Å². The second-order valence-corrected chi connectivity index (χ2v) is 6.27. The Balaban J connectivity index is 1.47. The zero-order valence-electron chi connectivity index (χ0n) is 12.2. The van der Waals surface area contributed by atoms with Crippen LogP contribution in [-0.2, 0) is 6.54 Å². The van der Waals surface area contributed by atoms with Gasteiger partial charge in [-0.1, -0.05) is 41.9 Å². The van der Waals surface area contributed by atoms with Crippen LogP contribution in [0.15, 0.2) is 54.6 Å². The van der Waals surface area contributed by atoms with Crippen LogP contribution in [0, 0.1) is 0 Å². The van der Waals surface area contributed by atoms with E-state index >= 15 is 0 Å². The molecule has 0 radical (unpaired) electrons. The van der Waals surface area contributed by atoms with Gasteiger partial charge in [-0.2, -0.15) is 0 Å². The van der Waals surface area contributed by atoms with E-state index in [9.17, 15) is 0 Å². The Labute approximate surface area is 131 Å². The number of anilines is 1. The minimum atomic E-state index is 0.589. The Kier molecular flexibility index (Phi) is 4.79. The zero-order valence-corrected chi connectivity index (χ0v) is 12.9. The minimum Gasteiger partial charge on any atom is -0.382 e. The summed E-state index contributed by atoms with van der Waals surface area (Å²) >= 11 is 5.92. The molecular formula is C18H22ClN2+. The third-order valence-corrected chi connectivity index (χ3v) is 4.46. The summed E-state index contributed by atoms with van der Waals surface area (Å²) in [5, 5.41) is 4.41. The van der Waals surface area contributed by atoms with E-state index in [-0.39, 0.29) is 0 Å². The van der Waals surface area contributed by atoms with Crippen LogP contribution in [0.3, 0.4) is 0 Å². The summed E-state index contributed by atoms with van der Waals surface area (Å²) in [5.41, 5.74) is 2.62. The molecule has 1 fully saturated rings. The van der Waals surface area contributed by atoms with E-state index in [0.29, 0.717) is 6.04 Å². The number of quaternary nitrogens is 1. The SMILES string of the molecule is Clc1ccc(NC2CC[NH+](Cc3ccccc3)CC2)cc1. The first-order valence-electron chi connectivity index (χ1n) is 7.69. The molecule has 0 atom stereocenters. The standard InChI is InChI=1S/C18H21ClN2/c19-16-6-8-17(9-7-16)20-18-10-12-21(13-11-18)14-15-4-2-1-3-5-15/h1-9,18,20H,10-14H2/p+1. The monoisotopic (exact) mass is 301 g/mol. The van der Waals surface area contributed by atoms with Crippen molar-refractivity contribution in [2.75, 3.05) is 18.4 Å². The normalized spacial score (nSPS) is 22.0. The number of hydrogen-bond donors (Lipinski definition) is 2. The molecule has 0 unspecified atom stereocenters. The Hall–Kier alpha value is -1.51. The van der Waals surface area contributed by atoms with Crippen molar-refractivity contribution in [3.63, 3.8) is 0 Å². The molecule has 2 nitrogen and oxygen atoms in total. The molecule has 3 rings (SSSR count). The summed E-state index contributed by atoms with van der Waals surface area (Å²) in [6.07, 6.45) is 2.45. The van der Waals surface area contributed by atoms with Crippen molar-refractivity contribution in [1.82, 2.24) is 0 Å². The number of piperidine rings is 1. The summed E-state index contributed by atoms with van der Waals surface area (Å²) in [5.74, 6) is 0. The van der Waals surface area contributed by atoms with Crippen molar-refractivity contribution in [2.24, 2.45) is 0 Å². The van der Waals surface area contributed by atoms with Crippen LogP contribution in [0.2, 0.25) is 5.02 Å². The van der Waals surface area contributed by atoms with Gasteiger partial charge < -0.3 is 10.2 Å². The van der Waals surface area contributed by atoms with Gasteiger partial charge in [0.15, 0.2) is 0 Å². The molecule has 1 aliphatic heterocycles. The highest BCUT2D eigenvalue weighted by atomic mass is 35.5. The van der Waals surface area contributed by atoms with Crippen LogP contribution in [0.5, 0.6) is 0 Å². The predicted octanol–water partition coefficient (Wildman–Crippen LogP) is 3.00. The zero-order chi connectivity index (χ0) is 14.5. The first-order chi connectivity index (χ1) is 10.3. The predicted molar refractivity (Wildman–Crippen MR) is 88.9 cm³/mol. The van der Waals surface area contributed by atoms with Gasteiger partial charge in [-0.15, -0.1) is 0 Å². The summed E-state index contributed by atoms with van der Waals surface area (Å²) < 4.78 is 0. The number of rotatable bonds is 4. The number of likely N-dealkylation sites (tertiary alicyclic amines) is 1. The van der Waals surface area contributed by atoms with E-state index < -0.39 is 0 Å². The van der Waals surface area contributed by atoms with Gasteiger partial charge in [-0.25, -0.2) is 0 Å². The molecule has 110 valence electrons. The highest BCUT2D eigenvalue weighted by Crippen LogP contribution is 2.16. The lowest BCUT2D eigenvalue weighted by atomic mass is 10.0. The van der Waals surface area contributed by atoms with E-state index in [0.717, 1.165) is 11.6 Å². The van der Waals surface area contributed by atoms with Crippen LogP contribution in [0.1, 0.15) is 18.4 Å². The average Bonchev–Trinajstić information content (AvgIpc) is 2.53. The Morgan fingerprint density at radius 1 is 0.952 bits per heavy atom. The van der Waals surface area contributed by atoms with Crippen LogP contribution in [0.4, 0.5) is 5.69 Å². The van der Waals surface area contributed by atoms with E-state index in [4.69, 9.17) is 11.6 Å². The van der Waals surface area contributed by atoms with Crippen LogP contribution >= 0.6 is 11.6 Å². The Bertz CT molecular complexity index is 545. The first-order valence-corrected chi connectivity index (χ1v) is 8.07. The smallest absolute Gasteiger partial charge is 0.103 e. The van der Waals surface area contributed by atoms with Crippen molar-refractivity contribution in [1.29, 1.82) is 0 Å². The van der Waals surface area contributed by atoms with Crippen molar-refractivity contribution in [3.05, 3.63) is 65.2 Å². The molecule has 21 heavy (non-hydrogen) atoms. The highest BCUT2D eigenvalue weighted by Gasteiger charge is 2.21. The molecule has 3 heteroatoms. The van der Waals surface area contributed by atoms with Crippen LogP contribution < -0.4 is 10.2 Å². The van der Waals surface area contributed by atoms with E-state index in [1.165, 1.54) is 37.2 Å².